The van der Waals surface area contributed by atoms with Crippen LogP contribution >= 0.6 is 11.6 Å². The summed E-state index contributed by atoms with van der Waals surface area (Å²) in [5.41, 5.74) is 0.705. The molecule has 2 aromatic carbocycles. The lowest BCUT2D eigenvalue weighted by Gasteiger charge is -2.38. The minimum absolute atomic E-state index is 0.198. The van der Waals surface area contributed by atoms with Crippen molar-refractivity contribution in [2.75, 3.05) is 13.1 Å². The average Bonchev–Trinajstić information content (AvgIpc) is 2.80. The molecule has 0 spiro atoms. The van der Waals surface area contributed by atoms with Crippen LogP contribution in [0.5, 0.6) is 5.75 Å². The molecule has 0 radical (unpaired) electrons. The van der Waals surface area contributed by atoms with E-state index in [0.717, 1.165) is 11.1 Å². The fourth-order valence-corrected chi connectivity index (χ4v) is 4.08. The second kappa shape index (κ2) is 9.18. The number of pyridine rings is 1. The number of hydrogen-bond donors (Lipinski definition) is 1. The first-order valence-corrected chi connectivity index (χ1v) is 10.9. The Morgan fingerprint density at radius 1 is 1.09 bits per heavy atom. The predicted molar refractivity (Wildman–Crippen MR) is 123 cm³/mol. The van der Waals surface area contributed by atoms with Crippen molar-refractivity contribution in [1.29, 1.82) is 0 Å². The predicted octanol–water partition coefficient (Wildman–Crippen LogP) is 3.74. The van der Waals surface area contributed by atoms with Crippen molar-refractivity contribution in [3.63, 3.8) is 0 Å². The highest BCUT2D eigenvalue weighted by molar-refractivity contribution is 6.30. The molecule has 1 aliphatic rings. The molecule has 1 fully saturated rings. The molecule has 7 heteroatoms. The minimum Gasteiger partial charge on any atom is -0.483 e. The summed E-state index contributed by atoms with van der Waals surface area (Å²) in [6.45, 7) is 1.05. The first kappa shape index (κ1) is 22.1. The SMILES string of the molecule is Cn1cc(OCc2ccccc2)c(=O)cc1C(=O)N1CCC(O)(c2ccc(Cl)cc2)CC1. The van der Waals surface area contributed by atoms with Gasteiger partial charge in [-0.15, -0.1) is 0 Å². The molecule has 166 valence electrons. The van der Waals surface area contributed by atoms with E-state index in [1.165, 1.54) is 6.07 Å². The Labute approximate surface area is 191 Å². The smallest absolute Gasteiger partial charge is 0.270 e. The summed E-state index contributed by atoms with van der Waals surface area (Å²) in [6, 6.07) is 18.0. The van der Waals surface area contributed by atoms with Crippen LogP contribution in [0, 0.1) is 0 Å². The summed E-state index contributed by atoms with van der Waals surface area (Å²) in [5.74, 6) is -0.0407. The van der Waals surface area contributed by atoms with E-state index in [0.29, 0.717) is 36.6 Å². The minimum atomic E-state index is -0.998. The maximum atomic E-state index is 13.1. The van der Waals surface area contributed by atoms with Gasteiger partial charge in [-0.2, -0.15) is 0 Å². The highest BCUT2D eigenvalue weighted by atomic mass is 35.5. The number of benzene rings is 2. The van der Waals surface area contributed by atoms with E-state index in [-0.39, 0.29) is 23.7 Å². The number of aryl methyl sites for hydroxylation is 1. The molecule has 4 rings (SSSR count). The summed E-state index contributed by atoms with van der Waals surface area (Å²) in [6.07, 6.45) is 2.37. The molecular weight excluding hydrogens is 428 g/mol. The van der Waals surface area contributed by atoms with Crippen LogP contribution in [0.1, 0.15) is 34.5 Å². The zero-order chi connectivity index (χ0) is 22.7. The summed E-state index contributed by atoms with van der Waals surface area (Å²) in [4.78, 5) is 27.3. The van der Waals surface area contributed by atoms with Gasteiger partial charge in [0.15, 0.2) is 5.75 Å². The molecule has 2 heterocycles. The number of nitrogens with zero attached hydrogens (tertiary/aromatic N) is 2. The van der Waals surface area contributed by atoms with Crippen LogP contribution in [-0.4, -0.2) is 33.6 Å². The molecule has 1 saturated heterocycles. The van der Waals surface area contributed by atoms with E-state index < -0.39 is 5.60 Å². The van der Waals surface area contributed by atoms with Crippen molar-refractivity contribution in [3.05, 3.63) is 98.9 Å². The number of ether oxygens (including phenoxy) is 1. The van der Waals surface area contributed by atoms with Gasteiger partial charge < -0.3 is 19.3 Å². The van der Waals surface area contributed by atoms with Gasteiger partial charge in [0.2, 0.25) is 5.43 Å². The van der Waals surface area contributed by atoms with Crippen LogP contribution in [0.4, 0.5) is 0 Å². The van der Waals surface area contributed by atoms with E-state index in [2.05, 4.69) is 0 Å². The number of carbonyl (C=O) groups excluding carboxylic acids is 1. The van der Waals surface area contributed by atoms with Crippen LogP contribution in [0.2, 0.25) is 5.02 Å². The second-order valence-corrected chi connectivity index (χ2v) is 8.54. The molecule has 0 atom stereocenters. The third-order valence-electron chi connectivity index (χ3n) is 5.92. The lowest BCUT2D eigenvalue weighted by atomic mass is 9.84. The lowest BCUT2D eigenvalue weighted by Crippen LogP contribution is -2.45. The van der Waals surface area contributed by atoms with Gasteiger partial charge >= 0.3 is 0 Å². The van der Waals surface area contributed by atoms with Crippen LogP contribution in [-0.2, 0) is 19.3 Å². The zero-order valence-electron chi connectivity index (χ0n) is 17.8. The van der Waals surface area contributed by atoms with Gasteiger partial charge in [0.25, 0.3) is 5.91 Å². The Bertz CT molecular complexity index is 1150. The first-order chi connectivity index (χ1) is 15.4. The summed E-state index contributed by atoms with van der Waals surface area (Å²) in [5, 5.41) is 11.7. The Balaban J connectivity index is 1.44. The molecular formula is C25H25ClN2O4. The zero-order valence-corrected chi connectivity index (χ0v) is 18.6. The van der Waals surface area contributed by atoms with Crippen LogP contribution < -0.4 is 10.2 Å². The molecule has 3 aromatic rings. The number of piperidine rings is 1. The highest BCUT2D eigenvalue weighted by Crippen LogP contribution is 2.33. The Morgan fingerprint density at radius 2 is 1.75 bits per heavy atom. The molecule has 0 aliphatic carbocycles. The number of aromatic nitrogens is 1. The third-order valence-corrected chi connectivity index (χ3v) is 6.17. The Kier molecular flexibility index (Phi) is 6.35. The van der Waals surface area contributed by atoms with E-state index in [1.54, 1.807) is 34.8 Å². The number of rotatable bonds is 5. The lowest BCUT2D eigenvalue weighted by molar-refractivity contribution is -0.0213. The van der Waals surface area contributed by atoms with Gasteiger partial charge in [-0.25, -0.2) is 0 Å². The topological polar surface area (TPSA) is 71.8 Å². The Hall–Kier alpha value is -3.09. The molecule has 6 nitrogen and oxygen atoms in total. The first-order valence-electron chi connectivity index (χ1n) is 10.5. The second-order valence-electron chi connectivity index (χ2n) is 8.10. The molecule has 32 heavy (non-hydrogen) atoms. The molecule has 1 aliphatic heterocycles. The van der Waals surface area contributed by atoms with Crippen LogP contribution in [0.15, 0.2) is 71.7 Å². The van der Waals surface area contributed by atoms with Crippen molar-refractivity contribution in [2.24, 2.45) is 7.05 Å². The van der Waals surface area contributed by atoms with E-state index in [9.17, 15) is 14.7 Å². The quantitative estimate of drug-likeness (QED) is 0.640. The third kappa shape index (κ3) is 4.71. The highest BCUT2D eigenvalue weighted by Gasteiger charge is 2.36. The number of carbonyl (C=O) groups is 1. The fourth-order valence-electron chi connectivity index (χ4n) is 3.95. The summed E-state index contributed by atoms with van der Waals surface area (Å²) in [7, 11) is 1.72. The number of amides is 1. The number of aliphatic hydroxyl groups is 1. The van der Waals surface area contributed by atoms with Gasteiger partial charge in [0, 0.05) is 31.2 Å². The van der Waals surface area contributed by atoms with Crippen molar-refractivity contribution in [1.82, 2.24) is 9.47 Å². The molecule has 0 bridgehead atoms. The van der Waals surface area contributed by atoms with Gasteiger partial charge in [-0.05, 0) is 36.1 Å². The molecule has 1 amide bonds. The van der Waals surface area contributed by atoms with E-state index in [4.69, 9.17) is 16.3 Å². The van der Waals surface area contributed by atoms with E-state index in [1.807, 2.05) is 42.5 Å². The monoisotopic (exact) mass is 452 g/mol. The summed E-state index contributed by atoms with van der Waals surface area (Å²) >= 11 is 5.95. The van der Waals surface area contributed by atoms with Crippen LogP contribution in [0.3, 0.4) is 0 Å². The van der Waals surface area contributed by atoms with Crippen molar-refractivity contribution in [2.45, 2.75) is 25.0 Å². The molecule has 0 unspecified atom stereocenters. The van der Waals surface area contributed by atoms with E-state index >= 15 is 0 Å². The maximum Gasteiger partial charge on any atom is 0.270 e. The van der Waals surface area contributed by atoms with Gasteiger partial charge in [0.05, 0.1) is 11.8 Å². The Morgan fingerprint density at radius 3 is 2.41 bits per heavy atom. The number of hydrogen-bond acceptors (Lipinski definition) is 4. The normalized spacial score (nSPS) is 15.4. The van der Waals surface area contributed by atoms with Crippen LogP contribution in [0.25, 0.3) is 0 Å². The van der Waals surface area contributed by atoms with Crippen molar-refractivity contribution >= 4 is 17.5 Å². The number of halogens is 1. The molecule has 0 saturated carbocycles. The average molecular weight is 453 g/mol. The largest absolute Gasteiger partial charge is 0.483 e. The van der Waals surface area contributed by atoms with Crippen molar-refractivity contribution < 1.29 is 14.6 Å². The molecule has 1 aromatic heterocycles. The van der Waals surface area contributed by atoms with Gasteiger partial charge in [-0.1, -0.05) is 54.1 Å². The molecule has 1 N–H and O–H groups in total. The van der Waals surface area contributed by atoms with Gasteiger partial charge in [-0.3, -0.25) is 9.59 Å². The van der Waals surface area contributed by atoms with Crippen molar-refractivity contribution in [3.8, 4) is 5.75 Å². The summed E-state index contributed by atoms with van der Waals surface area (Å²) < 4.78 is 7.28. The van der Waals surface area contributed by atoms with Gasteiger partial charge in [0.1, 0.15) is 12.3 Å². The fraction of sp³-hybridized carbons (Fsp3) is 0.280. The maximum absolute atomic E-state index is 13.1. The number of likely N-dealkylation sites (tertiary alicyclic amines) is 1. The standard InChI is InChI=1S/C25H25ClN2O4/c1-27-16-23(32-17-18-5-3-2-4-6-18)22(29)15-21(27)24(30)28-13-11-25(31,12-14-28)19-7-9-20(26)10-8-19/h2-10,15-16,31H,11-14,17H2,1H3.